The van der Waals surface area contributed by atoms with E-state index in [9.17, 15) is 17.1 Å². The van der Waals surface area contributed by atoms with E-state index in [-0.39, 0.29) is 5.56 Å². The van der Waals surface area contributed by atoms with Crippen LogP contribution < -0.4 is 0 Å². The first-order valence-electron chi connectivity index (χ1n) is 5.66. The first-order chi connectivity index (χ1) is 9.43. The van der Waals surface area contributed by atoms with E-state index in [1.54, 1.807) is 24.3 Å². The lowest BCUT2D eigenvalue weighted by Gasteiger charge is -2.09. The highest BCUT2D eigenvalue weighted by atomic mass is 32.3. The highest BCUT2D eigenvalue weighted by Gasteiger charge is 2.19. The average Bonchev–Trinajstić information content (AvgIpc) is 2.45. The van der Waals surface area contributed by atoms with Gasteiger partial charge in [-0.15, -0.1) is 3.89 Å². The maximum Gasteiger partial charge on any atom is 0.338 e. The molecular weight excluding hydrogens is 283 g/mol. The van der Waals surface area contributed by atoms with Gasteiger partial charge in [0.05, 0.1) is 17.6 Å². The van der Waals surface area contributed by atoms with Crippen LogP contribution in [-0.2, 0) is 15.0 Å². The Bertz CT molecular complexity index is 739. The van der Waals surface area contributed by atoms with Crippen molar-refractivity contribution in [3.8, 4) is 11.1 Å². The number of rotatable bonds is 3. The number of methoxy groups -OCH3 is 1. The van der Waals surface area contributed by atoms with Crippen LogP contribution in [0.25, 0.3) is 11.1 Å². The summed E-state index contributed by atoms with van der Waals surface area (Å²) in [6.45, 7) is 0. The summed E-state index contributed by atoms with van der Waals surface area (Å²) in [5, 5.41) is 0. The van der Waals surface area contributed by atoms with E-state index >= 15 is 0 Å². The highest BCUT2D eigenvalue weighted by molar-refractivity contribution is 7.86. The number of carbonyl (C=O) groups is 1. The molecular formula is C14H11FO4S. The second-order valence-electron chi connectivity index (χ2n) is 4.00. The molecule has 2 aromatic carbocycles. The molecule has 0 fully saturated rings. The van der Waals surface area contributed by atoms with Crippen LogP contribution >= 0.6 is 0 Å². The summed E-state index contributed by atoms with van der Waals surface area (Å²) in [7, 11) is -3.70. The largest absolute Gasteiger partial charge is 0.465 e. The van der Waals surface area contributed by atoms with Crippen LogP contribution in [0.5, 0.6) is 0 Å². The average molecular weight is 294 g/mol. The Labute approximate surface area is 116 Å². The van der Waals surface area contributed by atoms with E-state index < -0.39 is 21.1 Å². The third-order valence-corrected chi connectivity index (χ3v) is 3.58. The molecule has 0 spiro atoms. The molecule has 2 aromatic rings. The summed E-state index contributed by atoms with van der Waals surface area (Å²) in [5.41, 5.74) is 1.18. The fourth-order valence-electron chi connectivity index (χ4n) is 1.82. The number of benzene rings is 2. The lowest BCUT2D eigenvalue weighted by Crippen LogP contribution is -2.05. The Morgan fingerprint density at radius 2 is 1.75 bits per heavy atom. The fraction of sp³-hybridized carbons (Fsp3) is 0.0714. The van der Waals surface area contributed by atoms with Crippen molar-refractivity contribution >= 4 is 16.2 Å². The molecule has 0 heterocycles. The van der Waals surface area contributed by atoms with E-state index in [1.165, 1.54) is 13.2 Å². The molecule has 2 rings (SSSR count). The Morgan fingerprint density at radius 1 is 1.10 bits per heavy atom. The van der Waals surface area contributed by atoms with Crippen molar-refractivity contribution in [1.29, 1.82) is 0 Å². The predicted octanol–water partition coefficient (Wildman–Crippen LogP) is 2.80. The first-order valence-corrected chi connectivity index (χ1v) is 7.04. The van der Waals surface area contributed by atoms with Gasteiger partial charge in [-0.25, -0.2) is 4.79 Å². The molecule has 0 saturated carbocycles. The summed E-state index contributed by atoms with van der Waals surface area (Å²) < 4.78 is 39.5. The predicted molar refractivity (Wildman–Crippen MR) is 71.5 cm³/mol. The fourth-order valence-corrected chi connectivity index (χ4v) is 2.31. The maximum atomic E-state index is 13.0. The molecule has 0 saturated heterocycles. The molecule has 0 atom stereocenters. The lowest BCUT2D eigenvalue weighted by atomic mass is 10.00. The minimum Gasteiger partial charge on any atom is -0.465 e. The summed E-state index contributed by atoms with van der Waals surface area (Å²) in [6.07, 6.45) is 0. The molecule has 20 heavy (non-hydrogen) atoms. The minimum atomic E-state index is -4.87. The second-order valence-corrected chi connectivity index (χ2v) is 5.35. The van der Waals surface area contributed by atoms with Gasteiger partial charge in [0.25, 0.3) is 0 Å². The molecule has 0 aliphatic carbocycles. The van der Waals surface area contributed by atoms with Crippen LogP contribution in [0.2, 0.25) is 0 Å². The molecule has 0 N–H and O–H groups in total. The molecule has 0 amide bonds. The number of hydrogen-bond donors (Lipinski definition) is 0. The lowest BCUT2D eigenvalue weighted by molar-refractivity contribution is 0.0601. The number of halogens is 1. The van der Waals surface area contributed by atoms with Gasteiger partial charge in [-0.1, -0.05) is 36.4 Å². The zero-order chi connectivity index (χ0) is 14.8. The molecule has 104 valence electrons. The van der Waals surface area contributed by atoms with Gasteiger partial charge in [0, 0.05) is 0 Å². The van der Waals surface area contributed by atoms with E-state index in [4.69, 9.17) is 0 Å². The summed E-state index contributed by atoms with van der Waals surface area (Å²) in [6, 6.07) is 12.3. The molecule has 6 heteroatoms. The van der Waals surface area contributed by atoms with Crippen molar-refractivity contribution in [3.05, 3.63) is 54.1 Å². The monoisotopic (exact) mass is 294 g/mol. The van der Waals surface area contributed by atoms with E-state index in [1.807, 2.05) is 6.07 Å². The topological polar surface area (TPSA) is 60.4 Å². The van der Waals surface area contributed by atoms with E-state index in [0.29, 0.717) is 11.1 Å². The minimum absolute atomic E-state index is 0.00238. The molecule has 0 bridgehead atoms. The highest BCUT2D eigenvalue weighted by Crippen LogP contribution is 2.27. The van der Waals surface area contributed by atoms with Crippen molar-refractivity contribution in [3.63, 3.8) is 0 Å². The van der Waals surface area contributed by atoms with Gasteiger partial charge in [0.1, 0.15) is 0 Å². The number of esters is 1. The quantitative estimate of drug-likeness (QED) is 0.645. The van der Waals surface area contributed by atoms with Gasteiger partial charge in [-0.3, -0.25) is 0 Å². The Kier molecular flexibility index (Phi) is 3.85. The van der Waals surface area contributed by atoms with Gasteiger partial charge in [-0.05, 0) is 23.3 Å². The molecule has 0 radical (unpaired) electrons. The van der Waals surface area contributed by atoms with Gasteiger partial charge in [-0.2, -0.15) is 8.42 Å². The summed E-state index contributed by atoms with van der Waals surface area (Å²) >= 11 is 0. The van der Waals surface area contributed by atoms with Gasteiger partial charge in [0.15, 0.2) is 0 Å². The zero-order valence-electron chi connectivity index (χ0n) is 10.5. The Morgan fingerprint density at radius 3 is 2.30 bits per heavy atom. The Hall–Kier alpha value is -2.21. The number of ether oxygens (including phenoxy) is 1. The third-order valence-electron chi connectivity index (χ3n) is 2.76. The van der Waals surface area contributed by atoms with Crippen LogP contribution in [0.1, 0.15) is 10.4 Å². The van der Waals surface area contributed by atoms with E-state index in [0.717, 1.165) is 12.1 Å². The summed E-state index contributed by atoms with van der Waals surface area (Å²) in [5.74, 6) is -0.727. The molecule has 4 nitrogen and oxygen atoms in total. The SMILES string of the molecule is COC(=O)c1cc(S(=O)(=O)F)ccc1-c1ccccc1. The van der Waals surface area contributed by atoms with Crippen molar-refractivity contribution in [2.24, 2.45) is 0 Å². The van der Waals surface area contributed by atoms with Gasteiger partial charge in [0.2, 0.25) is 0 Å². The second kappa shape index (κ2) is 5.42. The van der Waals surface area contributed by atoms with Crippen molar-refractivity contribution < 1.29 is 21.8 Å². The normalized spacial score (nSPS) is 11.1. The van der Waals surface area contributed by atoms with Gasteiger partial charge < -0.3 is 4.74 Å². The van der Waals surface area contributed by atoms with Crippen LogP contribution in [0.4, 0.5) is 3.89 Å². The van der Waals surface area contributed by atoms with Crippen molar-refractivity contribution in [2.75, 3.05) is 7.11 Å². The molecule has 0 aliphatic heterocycles. The van der Waals surface area contributed by atoms with Crippen molar-refractivity contribution in [1.82, 2.24) is 0 Å². The first kappa shape index (κ1) is 14.2. The molecule has 0 aromatic heterocycles. The van der Waals surface area contributed by atoms with E-state index in [2.05, 4.69) is 4.74 Å². The van der Waals surface area contributed by atoms with Crippen LogP contribution in [0, 0.1) is 0 Å². The van der Waals surface area contributed by atoms with Crippen molar-refractivity contribution in [2.45, 2.75) is 4.90 Å². The standard InChI is InChI=1S/C14H11FO4S/c1-19-14(16)13-9-11(20(15,17)18)7-8-12(13)10-5-3-2-4-6-10/h2-9H,1H3. The zero-order valence-corrected chi connectivity index (χ0v) is 11.4. The number of carbonyl (C=O) groups excluding carboxylic acids is 1. The summed E-state index contributed by atoms with van der Waals surface area (Å²) in [4.78, 5) is 11.2. The number of hydrogen-bond acceptors (Lipinski definition) is 4. The third kappa shape index (κ3) is 2.85. The van der Waals surface area contributed by atoms with Gasteiger partial charge >= 0.3 is 16.2 Å². The van der Waals surface area contributed by atoms with Crippen LogP contribution in [-0.4, -0.2) is 21.5 Å². The smallest absolute Gasteiger partial charge is 0.338 e. The molecule has 0 unspecified atom stereocenters. The van der Waals surface area contributed by atoms with Crippen LogP contribution in [0.3, 0.4) is 0 Å². The Balaban J connectivity index is 2.67. The van der Waals surface area contributed by atoms with Crippen LogP contribution in [0.15, 0.2) is 53.4 Å². The maximum absolute atomic E-state index is 13.0. The molecule has 0 aliphatic rings.